The minimum atomic E-state index is -4.38. The molecule has 0 saturated heterocycles. The number of nitrogens with zero attached hydrogens (tertiary/aromatic N) is 4. The van der Waals surface area contributed by atoms with Crippen molar-refractivity contribution < 1.29 is 13.2 Å². The summed E-state index contributed by atoms with van der Waals surface area (Å²) in [6.45, 7) is 4.04. The van der Waals surface area contributed by atoms with Gasteiger partial charge in [0.05, 0.1) is 5.01 Å². The van der Waals surface area contributed by atoms with Crippen molar-refractivity contribution >= 4 is 17.3 Å². The normalized spacial score (nSPS) is 13.7. The Hall–Kier alpha value is -2.10. The molecule has 138 valence electrons. The van der Waals surface area contributed by atoms with Crippen LogP contribution in [0.15, 0.2) is 28.8 Å². The second kappa shape index (κ2) is 8.84. The average molecular weight is 374 g/mol. The molecule has 25 heavy (non-hydrogen) atoms. The number of hydrogen-bond donors (Lipinski definition) is 2. The third-order valence-electron chi connectivity index (χ3n) is 3.37. The molecule has 0 aliphatic heterocycles. The van der Waals surface area contributed by atoms with Gasteiger partial charge in [-0.1, -0.05) is 6.92 Å². The van der Waals surface area contributed by atoms with E-state index in [0.717, 1.165) is 23.3 Å². The van der Waals surface area contributed by atoms with Crippen molar-refractivity contribution in [2.45, 2.75) is 26.1 Å². The lowest BCUT2D eigenvalue weighted by Crippen LogP contribution is -2.40. The molecule has 0 aromatic carbocycles. The summed E-state index contributed by atoms with van der Waals surface area (Å²) in [6.07, 6.45) is -0.328. The molecule has 0 amide bonds. The molecule has 0 radical (unpaired) electrons. The zero-order valence-corrected chi connectivity index (χ0v) is 14.9. The van der Waals surface area contributed by atoms with Gasteiger partial charge in [-0.2, -0.15) is 18.3 Å². The van der Waals surface area contributed by atoms with Crippen LogP contribution < -0.4 is 10.6 Å². The van der Waals surface area contributed by atoms with Crippen LogP contribution in [0.2, 0.25) is 0 Å². The first-order valence-corrected chi connectivity index (χ1v) is 8.70. The minimum Gasteiger partial charge on any atom is -0.356 e. The smallest absolute Gasteiger partial charge is 0.356 e. The van der Waals surface area contributed by atoms with Crippen LogP contribution in [0, 0.1) is 5.92 Å². The van der Waals surface area contributed by atoms with Gasteiger partial charge in [0.2, 0.25) is 0 Å². The van der Waals surface area contributed by atoms with Gasteiger partial charge in [0.1, 0.15) is 0 Å². The van der Waals surface area contributed by atoms with E-state index in [2.05, 4.69) is 32.6 Å². The highest BCUT2D eigenvalue weighted by Gasteiger charge is 2.33. The number of aliphatic imine (C=N–C) groups is 1. The van der Waals surface area contributed by atoms with Crippen LogP contribution in [0.4, 0.5) is 13.2 Å². The number of nitrogens with one attached hydrogen (secondary N) is 2. The molecule has 10 heteroatoms. The molecule has 0 spiro atoms. The van der Waals surface area contributed by atoms with Crippen LogP contribution >= 0.6 is 11.3 Å². The van der Waals surface area contributed by atoms with E-state index in [1.807, 2.05) is 16.9 Å². The minimum absolute atomic E-state index is 0.340. The lowest BCUT2D eigenvalue weighted by molar-refractivity contribution is -0.140. The molecule has 0 saturated carbocycles. The Morgan fingerprint density at radius 2 is 2.20 bits per heavy atom. The molecule has 2 aromatic heterocycles. The molecule has 2 aromatic rings. The molecule has 2 heterocycles. The fourth-order valence-corrected chi connectivity index (χ4v) is 2.93. The summed E-state index contributed by atoms with van der Waals surface area (Å²) in [5, 5.41) is 11.9. The molecule has 0 bridgehead atoms. The van der Waals surface area contributed by atoms with Crippen molar-refractivity contribution in [3.63, 3.8) is 0 Å². The number of alkyl halides is 3. The zero-order valence-electron chi connectivity index (χ0n) is 14.0. The summed E-state index contributed by atoms with van der Waals surface area (Å²) in [7, 11) is 1.65. The molecule has 1 atom stereocenters. The Morgan fingerprint density at radius 3 is 2.80 bits per heavy atom. The Labute approximate surface area is 148 Å². The Balaban J connectivity index is 1.70. The molecule has 0 fully saturated rings. The van der Waals surface area contributed by atoms with Gasteiger partial charge in [-0.3, -0.25) is 9.67 Å². The van der Waals surface area contributed by atoms with E-state index >= 15 is 0 Å². The second-order valence-electron chi connectivity index (χ2n) is 5.59. The topological polar surface area (TPSA) is 67.1 Å². The molecular weight excluding hydrogens is 353 g/mol. The SMILES string of the molecule is CN=C(NCCc1nc(C(F)(F)F)cs1)NCC(C)Cn1cccn1. The van der Waals surface area contributed by atoms with Crippen LogP contribution in [0.1, 0.15) is 17.6 Å². The van der Waals surface area contributed by atoms with Crippen molar-refractivity contribution in [1.82, 2.24) is 25.4 Å². The van der Waals surface area contributed by atoms with Crippen LogP contribution in [0.25, 0.3) is 0 Å². The molecule has 2 rings (SSSR count). The Kier molecular flexibility index (Phi) is 6.80. The number of aromatic nitrogens is 3. The fraction of sp³-hybridized carbons (Fsp3) is 0.533. The van der Waals surface area contributed by atoms with Crippen molar-refractivity contribution in [1.29, 1.82) is 0 Å². The zero-order chi connectivity index (χ0) is 18.3. The van der Waals surface area contributed by atoms with Gasteiger partial charge in [-0.05, 0) is 12.0 Å². The van der Waals surface area contributed by atoms with Gasteiger partial charge < -0.3 is 10.6 Å². The number of halogens is 3. The Bertz CT molecular complexity index is 665. The highest BCUT2D eigenvalue weighted by molar-refractivity contribution is 7.09. The first-order chi connectivity index (χ1) is 11.9. The van der Waals surface area contributed by atoms with Crippen molar-refractivity contribution in [2.24, 2.45) is 10.9 Å². The van der Waals surface area contributed by atoms with E-state index < -0.39 is 11.9 Å². The predicted molar refractivity (Wildman–Crippen MR) is 91.6 cm³/mol. The maximum atomic E-state index is 12.5. The molecule has 0 aliphatic carbocycles. The lowest BCUT2D eigenvalue weighted by Gasteiger charge is -2.16. The standard InChI is InChI=1S/C15H21F3N6S/c1-11(9-24-7-3-5-22-24)8-21-14(19-2)20-6-4-13-23-12(10-25-13)15(16,17)18/h3,5,7,10-11H,4,6,8-9H2,1-2H3,(H2,19,20,21). The van der Waals surface area contributed by atoms with E-state index in [0.29, 0.717) is 36.4 Å². The summed E-state index contributed by atoms with van der Waals surface area (Å²) < 4.78 is 39.4. The largest absolute Gasteiger partial charge is 0.434 e. The molecule has 0 aliphatic rings. The Morgan fingerprint density at radius 1 is 1.40 bits per heavy atom. The highest BCUT2D eigenvalue weighted by Crippen LogP contribution is 2.29. The average Bonchev–Trinajstić information content (AvgIpc) is 3.21. The third kappa shape index (κ3) is 6.37. The number of hydrogen-bond acceptors (Lipinski definition) is 4. The molecule has 2 N–H and O–H groups in total. The highest BCUT2D eigenvalue weighted by atomic mass is 32.1. The van der Waals surface area contributed by atoms with Gasteiger partial charge in [-0.25, -0.2) is 4.98 Å². The fourth-order valence-electron chi connectivity index (χ4n) is 2.13. The summed E-state index contributed by atoms with van der Waals surface area (Å²) in [5.74, 6) is 0.951. The maximum Gasteiger partial charge on any atom is 0.434 e. The van der Waals surface area contributed by atoms with E-state index in [4.69, 9.17) is 0 Å². The van der Waals surface area contributed by atoms with E-state index in [9.17, 15) is 13.2 Å². The van der Waals surface area contributed by atoms with Crippen LogP contribution in [0.3, 0.4) is 0 Å². The van der Waals surface area contributed by atoms with Crippen molar-refractivity contribution in [2.75, 3.05) is 20.1 Å². The van der Waals surface area contributed by atoms with Gasteiger partial charge >= 0.3 is 6.18 Å². The first-order valence-electron chi connectivity index (χ1n) is 7.82. The van der Waals surface area contributed by atoms with Crippen LogP contribution in [-0.4, -0.2) is 40.9 Å². The van der Waals surface area contributed by atoms with Gasteiger partial charge in [0.15, 0.2) is 11.7 Å². The van der Waals surface area contributed by atoms with Crippen LogP contribution in [-0.2, 0) is 19.1 Å². The van der Waals surface area contributed by atoms with Crippen molar-refractivity contribution in [3.8, 4) is 0 Å². The van der Waals surface area contributed by atoms with Crippen molar-refractivity contribution in [3.05, 3.63) is 34.5 Å². The lowest BCUT2D eigenvalue weighted by atomic mass is 10.2. The monoisotopic (exact) mass is 374 g/mol. The van der Waals surface area contributed by atoms with Gasteiger partial charge in [0.25, 0.3) is 0 Å². The second-order valence-corrected chi connectivity index (χ2v) is 6.53. The summed E-state index contributed by atoms with van der Waals surface area (Å²) in [6, 6.07) is 1.88. The number of guanidine groups is 1. The van der Waals surface area contributed by atoms with Gasteiger partial charge in [-0.15, -0.1) is 11.3 Å². The summed E-state index contributed by atoms with van der Waals surface area (Å²) in [5.41, 5.74) is -0.831. The summed E-state index contributed by atoms with van der Waals surface area (Å²) in [4.78, 5) is 7.71. The van der Waals surface area contributed by atoms with Gasteiger partial charge in [0, 0.05) is 50.9 Å². The molecule has 1 unspecified atom stereocenters. The number of rotatable bonds is 7. The van der Waals surface area contributed by atoms with E-state index in [1.54, 1.807) is 13.2 Å². The first kappa shape index (κ1) is 19.2. The van der Waals surface area contributed by atoms with E-state index in [1.165, 1.54) is 0 Å². The van der Waals surface area contributed by atoms with Crippen LogP contribution in [0.5, 0.6) is 0 Å². The predicted octanol–water partition coefficient (Wildman–Crippen LogP) is 2.40. The maximum absolute atomic E-state index is 12.5. The quantitative estimate of drug-likeness (QED) is 0.577. The molecular formula is C15H21F3N6S. The summed E-state index contributed by atoms with van der Waals surface area (Å²) >= 11 is 1.01. The number of thiazole rings is 1. The molecule has 6 nitrogen and oxygen atoms in total. The van der Waals surface area contributed by atoms with E-state index in [-0.39, 0.29) is 0 Å². The third-order valence-corrected chi connectivity index (χ3v) is 4.28.